The molecule has 0 radical (unpaired) electrons. The molecule has 3 heterocycles. The number of pyridine rings is 2. The number of hydrogen-bond acceptors (Lipinski definition) is 6. The van der Waals surface area contributed by atoms with Gasteiger partial charge in [0.15, 0.2) is 0 Å². The van der Waals surface area contributed by atoms with Crippen molar-refractivity contribution in [2.75, 3.05) is 26.0 Å². The molecule has 0 spiro atoms. The van der Waals surface area contributed by atoms with Crippen molar-refractivity contribution < 1.29 is 9.53 Å². The van der Waals surface area contributed by atoms with E-state index in [1.807, 2.05) is 50.8 Å². The molecule has 0 atom stereocenters. The van der Waals surface area contributed by atoms with Gasteiger partial charge in [0.25, 0.3) is 0 Å². The maximum Gasteiger partial charge on any atom is 0.413 e. The van der Waals surface area contributed by atoms with Gasteiger partial charge >= 0.3 is 6.09 Å². The van der Waals surface area contributed by atoms with E-state index in [4.69, 9.17) is 4.74 Å². The summed E-state index contributed by atoms with van der Waals surface area (Å²) in [5.74, 6) is 0.322. The number of nitrogens with zero attached hydrogens (tertiary/aromatic N) is 4. The van der Waals surface area contributed by atoms with Crippen LogP contribution in [-0.4, -0.2) is 51.6 Å². The molecule has 8 heteroatoms. The second-order valence-electron chi connectivity index (χ2n) is 7.38. The van der Waals surface area contributed by atoms with Gasteiger partial charge in [-0.15, -0.1) is 0 Å². The Hall–Kier alpha value is -3.78. The van der Waals surface area contributed by atoms with Gasteiger partial charge in [-0.1, -0.05) is 6.07 Å². The van der Waals surface area contributed by atoms with Crippen LogP contribution < -0.4 is 5.32 Å². The highest BCUT2D eigenvalue weighted by molar-refractivity contribution is 5.97. The number of H-pyrrole nitrogens is 1. The van der Waals surface area contributed by atoms with Crippen LogP contribution in [0.2, 0.25) is 0 Å². The summed E-state index contributed by atoms with van der Waals surface area (Å²) in [5.41, 5.74) is 6.29. The highest BCUT2D eigenvalue weighted by Gasteiger charge is 2.15. The zero-order chi connectivity index (χ0) is 21.8. The van der Waals surface area contributed by atoms with E-state index >= 15 is 0 Å². The van der Waals surface area contributed by atoms with Crippen molar-refractivity contribution in [3.8, 4) is 22.4 Å². The van der Waals surface area contributed by atoms with Crippen molar-refractivity contribution in [3.63, 3.8) is 0 Å². The first-order valence-electron chi connectivity index (χ1n) is 10.0. The van der Waals surface area contributed by atoms with E-state index in [1.165, 1.54) is 0 Å². The topological polar surface area (TPSA) is 96.0 Å². The summed E-state index contributed by atoms with van der Waals surface area (Å²) >= 11 is 0. The molecule has 0 saturated carbocycles. The van der Waals surface area contributed by atoms with Crippen molar-refractivity contribution in [1.29, 1.82) is 0 Å². The quantitative estimate of drug-likeness (QED) is 0.486. The van der Waals surface area contributed by atoms with E-state index in [2.05, 4.69) is 42.3 Å². The molecule has 0 fully saturated rings. The first-order valence-corrected chi connectivity index (χ1v) is 10.0. The molecular formula is C23H24N6O2. The number of rotatable bonds is 6. The minimum Gasteiger partial charge on any atom is -0.450 e. The van der Waals surface area contributed by atoms with Crippen LogP contribution in [0.25, 0.3) is 33.4 Å². The van der Waals surface area contributed by atoms with Crippen LogP contribution in [0.15, 0.2) is 55.0 Å². The summed E-state index contributed by atoms with van der Waals surface area (Å²) in [6.07, 6.45) is 4.81. The second kappa shape index (κ2) is 8.93. The van der Waals surface area contributed by atoms with E-state index in [0.717, 1.165) is 40.0 Å². The molecule has 8 nitrogen and oxygen atoms in total. The molecule has 158 valence electrons. The summed E-state index contributed by atoms with van der Waals surface area (Å²) in [4.78, 5) is 30.6. The summed E-state index contributed by atoms with van der Waals surface area (Å²) in [6.45, 7) is 2.84. The Morgan fingerprint density at radius 2 is 2.03 bits per heavy atom. The molecule has 0 aliphatic heterocycles. The lowest BCUT2D eigenvalue weighted by atomic mass is 10.00. The van der Waals surface area contributed by atoms with Gasteiger partial charge in [0.1, 0.15) is 0 Å². The summed E-state index contributed by atoms with van der Waals surface area (Å²) in [5, 5.41) is 2.64. The first kappa shape index (κ1) is 20.5. The average Bonchev–Trinajstić information content (AvgIpc) is 3.15. The number of aromatic nitrogens is 4. The highest BCUT2D eigenvalue weighted by Crippen LogP contribution is 2.33. The Kier molecular flexibility index (Phi) is 5.90. The van der Waals surface area contributed by atoms with Crippen LogP contribution in [0.4, 0.5) is 10.7 Å². The van der Waals surface area contributed by atoms with Crippen LogP contribution in [-0.2, 0) is 11.3 Å². The Morgan fingerprint density at radius 3 is 2.77 bits per heavy atom. The molecule has 3 aromatic heterocycles. The number of nitrogens with one attached hydrogen (secondary N) is 2. The van der Waals surface area contributed by atoms with Crippen molar-refractivity contribution in [2.24, 2.45) is 0 Å². The molecule has 4 aromatic rings. The lowest BCUT2D eigenvalue weighted by Gasteiger charge is -2.11. The van der Waals surface area contributed by atoms with Crippen LogP contribution in [0.3, 0.4) is 0 Å². The van der Waals surface area contributed by atoms with Gasteiger partial charge in [0, 0.05) is 36.3 Å². The molecule has 0 unspecified atom stereocenters. The molecule has 0 aliphatic carbocycles. The number of ether oxygens (including phenoxy) is 1. The molecular weight excluding hydrogens is 392 g/mol. The zero-order valence-electron chi connectivity index (χ0n) is 17.7. The van der Waals surface area contributed by atoms with E-state index in [9.17, 15) is 4.79 Å². The third kappa shape index (κ3) is 4.70. The Morgan fingerprint density at radius 1 is 1.16 bits per heavy atom. The van der Waals surface area contributed by atoms with Crippen LogP contribution in [0, 0.1) is 0 Å². The molecule has 2 N–H and O–H groups in total. The standard InChI is InChI=1S/C23H24N6O2/c1-4-31-23(30)28-22-26-20-12-17(16-6-5-8-24-13-16)11-18(21(20)27-22)19-10-15(7-9-25-19)14-29(2)3/h5-13H,4,14H2,1-3H3,(H2,26,27,28,30). The van der Waals surface area contributed by atoms with Gasteiger partial charge in [-0.2, -0.15) is 0 Å². The minimum absolute atomic E-state index is 0.283. The number of benzene rings is 1. The van der Waals surface area contributed by atoms with Gasteiger partial charge in [0.2, 0.25) is 5.95 Å². The minimum atomic E-state index is -0.554. The largest absolute Gasteiger partial charge is 0.450 e. The zero-order valence-corrected chi connectivity index (χ0v) is 17.7. The Labute approximate surface area is 180 Å². The van der Waals surface area contributed by atoms with Crippen LogP contribution in [0.5, 0.6) is 0 Å². The summed E-state index contributed by atoms with van der Waals surface area (Å²) < 4.78 is 4.97. The Balaban J connectivity index is 1.85. The van der Waals surface area contributed by atoms with Crippen molar-refractivity contribution in [3.05, 3.63) is 60.6 Å². The third-order valence-electron chi connectivity index (χ3n) is 4.68. The molecule has 1 aromatic carbocycles. The van der Waals surface area contributed by atoms with E-state index in [1.54, 1.807) is 13.1 Å². The number of fused-ring (bicyclic) bond motifs is 1. The summed E-state index contributed by atoms with van der Waals surface area (Å²) in [7, 11) is 4.06. The van der Waals surface area contributed by atoms with Crippen molar-refractivity contribution in [1.82, 2.24) is 24.8 Å². The molecule has 1 amide bonds. The summed E-state index contributed by atoms with van der Waals surface area (Å²) in [6, 6.07) is 12.0. The van der Waals surface area contributed by atoms with Gasteiger partial charge in [-0.05, 0) is 62.5 Å². The molecule has 0 aliphatic rings. The predicted octanol–water partition coefficient (Wildman–Crippen LogP) is 4.32. The number of hydrogen-bond donors (Lipinski definition) is 2. The number of amides is 1. The Bertz CT molecular complexity index is 1200. The number of carbonyl (C=O) groups excluding carboxylic acids is 1. The second-order valence-corrected chi connectivity index (χ2v) is 7.38. The van der Waals surface area contributed by atoms with E-state index in [0.29, 0.717) is 11.5 Å². The van der Waals surface area contributed by atoms with Gasteiger partial charge in [-0.3, -0.25) is 15.3 Å². The predicted molar refractivity (Wildman–Crippen MR) is 121 cm³/mol. The number of anilines is 1. The number of aromatic amines is 1. The van der Waals surface area contributed by atoms with Gasteiger partial charge in [0.05, 0.1) is 23.3 Å². The smallest absolute Gasteiger partial charge is 0.413 e. The van der Waals surface area contributed by atoms with Gasteiger partial charge < -0.3 is 14.6 Å². The van der Waals surface area contributed by atoms with Crippen molar-refractivity contribution >= 4 is 23.1 Å². The molecule has 4 rings (SSSR count). The maximum atomic E-state index is 11.9. The van der Waals surface area contributed by atoms with E-state index < -0.39 is 6.09 Å². The maximum absolute atomic E-state index is 11.9. The SMILES string of the molecule is CCOC(=O)Nc1nc2cc(-c3cccnc3)cc(-c3cc(CN(C)C)ccn3)c2[nH]1. The normalized spacial score (nSPS) is 11.1. The van der Waals surface area contributed by atoms with Gasteiger partial charge in [-0.25, -0.2) is 9.78 Å². The highest BCUT2D eigenvalue weighted by atomic mass is 16.5. The van der Waals surface area contributed by atoms with Crippen LogP contribution >= 0.6 is 0 Å². The molecule has 0 saturated heterocycles. The molecule has 0 bridgehead atoms. The molecule has 31 heavy (non-hydrogen) atoms. The average molecular weight is 416 g/mol. The van der Waals surface area contributed by atoms with Crippen LogP contribution in [0.1, 0.15) is 12.5 Å². The third-order valence-corrected chi connectivity index (χ3v) is 4.68. The van der Waals surface area contributed by atoms with Crippen molar-refractivity contribution in [2.45, 2.75) is 13.5 Å². The fraction of sp³-hybridized carbons (Fsp3) is 0.217. The van der Waals surface area contributed by atoms with E-state index in [-0.39, 0.29) is 6.61 Å². The fourth-order valence-corrected chi connectivity index (χ4v) is 3.42. The number of carbonyl (C=O) groups is 1. The lowest BCUT2D eigenvalue weighted by Crippen LogP contribution is -2.14. The lowest BCUT2D eigenvalue weighted by molar-refractivity contribution is 0.167. The first-order chi connectivity index (χ1) is 15.0. The monoisotopic (exact) mass is 416 g/mol. The fourth-order valence-electron chi connectivity index (χ4n) is 3.42. The number of imidazole rings is 1.